The van der Waals surface area contributed by atoms with E-state index in [2.05, 4.69) is 0 Å². The summed E-state index contributed by atoms with van der Waals surface area (Å²) in [5, 5.41) is 0. The Hall–Kier alpha value is -2.43. The van der Waals surface area contributed by atoms with Gasteiger partial charge < -0.3 is 4.74 Å². The smallest absolute Gasteiger partial charge is 0.410 e. The lowest BCUT2D eigenvalue weighted by atomic mass is 9.97. The van der Waals surface area contributed by atoms with Crippen molar-refractivity contribution in [1.82, 2.24) is 4.90 Å². The van der Waals surface area contributed by atoms with Gasteiger partial charge in [0.15, 0.2) is 0 Å². The molecule has 2 aromatic carbocycles. The highest BCUT2D eigenvalue weighted by molar-refractivity contribution is 5.68. The zero-order valence-electron chi connectivity index (χ0n) is 11.8. The first-order chi connectivity index (χ1) is 10.6. The van der Waals surface area contributed by atoms with Crippen LogP contribution in [0.3, 0.4) is 0 Å². The molecule has 0 spiro atoms. The molecule has 3 rings (SSSR count). The molecule has 0 saturated heterocycles. The highest BCUT2D eigenvalue weighted by Gasteiger charge is 2.42. The third kappa shape index (κ3) is 2.93. The minimum absolute atomic E-state index is 0.0119. The second-order valence-corrected chi connectivity index (χ2v) is 5.26. The van der Waals surface area contributed by atoms with Crippen LogP contribution in [0.4, 0.5) is 13.6 Å². The quantitative estimate of drug-likeness (QED) is 0.841. The third-order valence-corrected chi connectivity index (χ3v) is 3.63. The molecule has 5 heteroatoms. The minimum atomic E-state index is -3.05. The maximum atomic E-state index is 14.1. The lowest BCUT2D eigenvalue weighted by Gasteiger charge is -2.33. The second-order valence-electron chi connectivity index (χ2n) is 5.26. The lowest BCUT2D eigenvalue weighted by Crippen LogP contribution is -2.43. The first-order valence-corrected chi connectivity index (χ1v) is 6.98. The van der Waals surface area contributed by atoms with Crippen molar-refractivity contribution in [2.45, 2.75) is 19.1 Å². The van der Waals surface area contributed by atoms with Gasteiger partial charge in [-0.3, -0.25) is 4.90 Å². The Bertz CT molecular complexity index is 673. The molecule has 2 aromatic rings. The Kier molecular flexibility index (Phi) is 3.79. The summed E-state index contributed by atoms with van der Waals surface area (Å²) in [4.78, 5) is 13.1. The van der Waals surface area contributed by atoms with E-state index in [1.165, 1.54) is 6.07 Å². The van der Waals surface area contributed by atoms with Crippen molar-refractivity contribution in [3.63, 3.8) is 0 Å². The molecule has 0 radical (unpaired) electrons. The number of carbonyl (C=O) groups excluding carboxylic acids is 1. The van der Waals surface area contributed by atoms with Gasteiger partial charge in [-0.2, -0.15) is 8.78 Å². The Morgan fingerprint density at radius 3 is 2.55 bits per heavy atom. The van der Waals surface area contributed by atoms with Crippen LogP contribution >= 0.6 is 0 Å². The molecule has 1 amide bonds. The molecule has 1 aliphatic heterocycles. The van der Waals surface area contributed by atoms with Crippen molar-refractivity contribution in [3.05, 3.63) is 71.3 Å². The van der Waals surface area contributed by atoms with E-state index in [1.807, 2.05) is 30.3 Å². The van der Waals surface area contributed by atoms with Crippen LogP contribution in [0.5, 0.6) is 0 Å². The summed E-state index contributed by atoms with van der Waals surface area (Å²) >= 11 is 0. The standard InChI is InChI=1S/C17H15F2NO2/c18-17(19)12-20(10-14-8-4-5-9-15(14)17)16(21)22-11-13-6-2-1-3-7-13/h1-9H,10-12H2. The van der Waals surface area contributed by atoms with Gasteiger partial charge in [-0.25, -0.2) is 4.79 Å². The van der Waals surface area contributed by atoms with Crippen molar-refractivity contribution in [1.29, 1.82) is 0 Å². The molecule has 0 atom stereocenters. The SMILES string of the molecule is O=C(OCc1ccccc1)N1Cc2ccccc2C(F)(F)C1. The van der Waals surface area contributed by atoms with E-state index in [0.29, 0.717) is 5.56 Å². The molecular weight excluding hydrogens is 288 g/mol. The van der Waals surface area contributed by atoms with Crippen molar-refractivity contribution in [3.8, 4) is 0 Å². The van der Waals surface area contributed by atoms with Crippen LogP contribution < -0.4 is 0 Å². The van der Waals surface area contributed by atoms with Gasteiger partial charge in [-0.1, -0.05) is 54.6 Å². The topological polar surface area (TPSA) is 29.5 Å². The summed E-state index contributed by atoms with van der Waals surface area (Å²) in [6.45, 7) is -0.444. The Labute approximate surface area is 127 Å². The number of ether oxygens (including phenoxy) is 1. The normalized spacial score (nSPS) is 16.0. The fraction of sp³-hybridized carbons (Fsp3) is 0.235. The largest absolute Gasteiger partial charge is 0.445 e. The first-order valence-electron chi connectivity index (χ1n) is 6.98. The number of halogens is 2. The van der Waals surface area contributed by atoms with Gasteiger partial charge in [0.05, 0.1) is 6.54 Å². The average molecular weight is 303 g/mol. The lowest BCUT2D eigenvalue weighted by molar-refractivity contribution is -0.0504. The van der Waals surface area contributed by atoms with Crippen molar-refractivity contribution >= 4 is 6.09 Å². The molecule has 0 N–H and O–H groups in total. The molecule has 0 aliphatic carbocycles. The summed E-state index contributed by atoms with van der Waals surface area (Å²) in [6, 6.07) is 15.4. The van der Waals surface area contributed by atoms with E-state index >= 15 is 0 Å². The highest BCUT2D eigenvalue weighted by Crippen LogP contribution is 2.36. The first kappa shape index (κ1) is 14.5. The molecule has 0 fully saturated rings. The molecule has 1 aliphatic rings. The number of alkyl halides is 2. The van der Waals surface area contributed by atoms with E-state index in [9.17, 15) is 13.6 Å². The third-order valence-electron chi connectivity index (χ3n) is 3.63. The number of hydrogen-bond acceptors (Lipinski definition) is 2. The number of hydrogen-bond donors (Lipinski definition) is 0. The molecule has 0 saturated carbocycles. The van der Waals surface area contributed by atoms with Gasteiger partial charge in [0.25, 0.3) is 5.92 Å². The number of amides is 1. The number of benzene rings is 2. The summed E-state index contributed by atoms with van der Waals surface area (Å²) in [6.07, 6.45) is -0.724. The Balaban J connectivity index is 1.70. The van der Waals surface area contributed by atoms with Crippen molar-refractivity contribution in [2.24, 2.45) is 0 Å². The van der Waals surface area contributed by atoms with E-state index in [4.69, 9.17) is 4.74 Å². The molecule has 1 heterocycles. The summed E-state index contributed by atoms with van der Waals surface area (Å²) in [5.41, 5.74) is 1.26. The van der Waals surface area contributed by atoms with Gasteiger partial charge in [-0.15, -0.1) is 0 Å². The summed E-state index contributed by atoms with van der Waals surface area (Å²) < 4.78 is 33.4. The monoisotopic (exact) mass is 303 g/mol. The van der Waals surface area contributed by atoms with Gasteiger partial charge in [0, 0.05) is 12.1 Å². The highest BCUT2D eigenvalue weighted by atomic mass is 19.3. The molecule has 3 nitrogen and oxygen atoms in total. The molecule has 0 bridgehead atoms. The zero-order chi connectivity index (χ0) is 15.6. The Morgan fingerprint density at radius 2 is 1.77 bits per heavy atom. The van der Waals surface area contributed by atoms with Crippen LogP contribution in [0.2, 0.25) is 0 Å². The van der Waals surface area contributed by atoms with Gasteiger partial charge >= 0.3 is 6.09 Å². The maximum Gasteiger partial charge on any atom is 0.410 e. The second kappa shape index (κ2) is 5.75. The number of rotatable bonds is 2. The molecule has 114 valence electrons. The van der Waals surface area contributed by atoms with E-state index in [1.54, 1.807) is 18.2 Å². The van der Waals surface area contributed by atoms with Crippen LogP contribution in [0.15, 0.2) is 54.6 Å². The van der Waals surface area contributed by atoms with Crippen molar-refractivity contribution in [2.75, 3.05) is 6.54 Å². The van der Waals surface area contributed by atoms with E-state index in [0.717, 1.165) is 10.5 Å². The molecular formula is C17H15F2NO2. The average Bonchev–Trinajstić information content (AvgIpc) is 2.53. The van der Waals surface area contributed by atoms with Crippen molar-refractivity contribution < 1.29 is 18.3 Å². The van der Waals surface area contributed by atoms with Gasteiger partial charge in [0.1, 0.15) is 6.61 Å². The summed E-state index contributed by atoms with van der Waals surface area (Å²) in [7, 11) is 0. The fourth-order valence-corrected chi connectivity index (χ4v) is 2.54. The van der Waals surface area contributed by atoms with Gasteiger partial charge in [-0.05, 0) is 11.1 Å². The number of fused-ring (bicyclic) bond motifs is 1. The number of carbonyl (C=O) groups is 1. The van der Waals surface area contributed by atoms with E-state index in [-0.39, 0.29) is 18.7 Å². The maximum absolute atomic E-state index is 14.1. The molecule has 22 heavy (non-hydrogen) atoms. The van der Waals surface area contributed by atoms with Crippen LogP contribution in [0.1, 0.15) is 16.7 Å². The minimum Gasteiger partial charge on any atom is -0.445 e. The predicted molar refractivity (Wildman–Crippen MR) is 77.4 cm³/mol. The van der Waals surface area contributed by atoms with Crippen LogP contribution in [-0.2, 0) is 23.8 Å². The molecule has 0 aromatic heterocycles. The van der Waals surface area contributed by atoms with Gasteiger partial charge in [0.2, 0.25) is 0 Å². The van der Waals surface area contributed by atoms with Crippen LogP contribution in [0.25, 0.3) is 0 Å². The predicted octanol–water partition coefficient (Wildman–Crippen LogP) is 3.93. The zero-order valence-corrected chi connectivity index (χ0v) is 11.8. The Morgan fingerprint density at radius 1 is 1.09 bits per heavy atom. The van der Waals surface area contributed by atoms with Crippen LogP contribution in [-0.4, -0.2) is 17.5 Å². The van der Waals surface area contributed by atoms with E-state index < -0.39 is 18.6 Å². The summed E-state index contributed by atoms with van der Waals surface area (Å²) in [5.74, 6) is -3.05. The van der Waals surface area contributed by atoms with Crippen LogP contribution in [0, 0.1) is 0 Å². The fourth-order valence-electron chi connectivity index (χ4n) is 2.54. The number of nitrogens with zero attached hydrogens (tertiary/aromatic N) is 1. The molecule has 0 unspecified atom stereocenters.